The van der Waals surface area contributed by atoms with Crippen LogP contribution >= 0.6 is 22.7 Å². The molecule has 10 rings (SSSR count). The van der Waals surface area contributed by atoms with E-state index in [9.17, 15) is 19.7 Å². The molecule has 0 saturated carbocycles. The number of nitrogens with two attached hydrogens (primary N) is 1. The molecule has 0 radical (unpaired) electrons. The third kappa shape index (κ3) is 20.7. The van der Waals surface area contributed by atoms with Crippen molar-refractivity contribution in [3.63, 3.8) is 0 Å². The highest BCUT2D eigenvalue weighted by atomic mass is 32.1. The summed E-state index contributed by atoms with van der Waals surface area (Å²) in [6, 6.07) is 19.1. The van der Waals surface area contributed by atoms with Crippen LogP contribution in [0.25, 0.3) is 20.9 Å². The number of nitro groups is 1. The van der Waals surface area contributed by atoms with Crippen LogP contribution in [0.4, 0.5) is 21.2 Å². The molecule has 4 aliphatic heterocycles. The van der Waals surface area contributed by atoms with Gasteiger partial charge in [-0.25, -0.2) is 24.5 Å². The summed E-state index contributed by atoms with van der Waals surface area (Å²) >= 11 is 3.17. The minimum absolute atomic E-state index is 0.0756. The number of amides is 2. The Morgan fingerprint density at radius 2 is 1.03 bits per heavy atom. The molecular formula is C70H86N8O12S2. The van der Waals surface area contributed by atoms with E-state index in [1.807, 2.05) is 130 Å². The Balaban J connectivity index is 0.000000218. The zero-order valence-electron chi connectivity index (χ0n) is 54.5. The van der Waals surface area contributed by atoms with Crippen LogP contribution in [-0.2, 0) is 41.6 Å². The number of aromatic nitrogens is 4. The van der Waals surface area contributed by atoms with Gasteiger partial charge in [0.1, 0.15) is 41.8 Å². The highest BCUT2D eigenvalue weighted by Crippen LogP contribution is 2.40. The number of pyridine rings is 2. The quantitative estimate of drug-likeness (QED) is 0.0571. The lowest BCUT2D eigenvalue weighted by molar-refractivity contribution is -0.390. The highest BCUT2D eigenvalue weighted by molar-refractivity contribution is 7.15. The first-order valence-electron chi connectivity index (χ1n) is 31.7. The number of carbonyl (C=O) groups is 2. The Bertz CT molecular complexity index is 3620. The van der Waals surface area contributed by atoms with Crippen LogP contribution in [0, 0.1) is 33.8 Å². The molecule has 2 amide bonds. The number of thiazole rings is 2. The van der Waals surface area contributed by atoms with Crippen molar-refractivity contribution in [2.24, 2.45) is 0 Å². The van der Waals surface area contributed by atoms with Gasteiger partial charge in [0.2, 0.25) is 5.75 Å². The van der Waals surface area contributed by atoms with Crippen LogP contribution in [0.2, 0.25) is 0 Å². The maximum Gasteiger partial charge on any atom is 0.410 e. The van der Waals surface area contributed by atoms with E-state index in [1.165, 1.54) is 17.5 Å². The van der Waals surface area contributed by atoms with Crippen LogP contribution in [0.3, 0.4) is 0 Å². The number of rotatable bonds is 15. The second-order valence-corrected chi connectivity index (χ2v) is 28.5. The number of piperidine rings is 2. The Hall–Kier alpha value is -7.70. The van der Waals surface area contributed by atoms with Crippen molar-refractivity contribution in [3.8, 4) is 56.1 Å². The largest absolute Gasteiger partial charge is 0.485 e. The average Bonchev–Trinajstić information content (AvgIpc) is 1.72. The van der Waals surface area contributed by atoms with Crippen molar-refractivity contribution in [2.45, 2.75) is 193 Å². The predicted molar refractivity (Wildman–Crippen MR) is 354 cm³/mol. The molecule has 0 spiro atoms. The summed E-state index contributed by atoms with van der Waals surface area (Å²) in [6.07, 6.45) is 15.2. The number of ether oxygens (including phenoxy) is 8. The van der Waals surface area contributed by atoms with Gasteiger partial charge in [0, 0.05) is 98.1 Å². The molecule has 0 bridgehead atoms. The fraction of sp³-hybridized carbons (Fsp3) is 0.514. The second-order valence-electron chi connectivity index (χ2n) is 26.3. The van der Waals surface area contributed by atoms with E-state index in [0.29, 0.717) is 62.4 Å². The first-order valence-corrected chi connectivity index (χ1v) is 33.3. The lowest BCUT2D eigenvalue weighted by atomic mass is 9.98. The van der Waals surface area contributed by atoms with Crippen LogP contribution in [0.5, 0.6) is 11.5 Å². The number of hydrogen-bond donors (Lipinski definition) is 1. The Morgan fingerprint density at radius 3 is 1.46 bits per heavy atom. The monoisotopic (exact) mass is 1290 g/mol. The number of anilines is 1. The maximum absolute atomic E-state index is 12.5. The van der Waals surface area contributed by atoms with E-state index in [1.54, 1.807) is 39.6 Å². The van der Waals surface area contributed by atoms with E-state index in [2.05, 4.69) is 38.6 Å². The third-order valence-corrected chi connectivity index (χ3v) is 17.7. The summed E-state index contributed by atoms with van der Waals surface area (Å²) in [5.41, 5.74) is 8.89. The van der Waals surface area contributed by atoms with Gasteiger partial charge in [-0.1, -0.05) is 47.9 Å². The van der Waals surface area contributed by atoms with Crippen molar-refractivity contribution in [2.75, 3.05) is 45.1 Å². The van der Waals surface area contributed by atoms with Gasteiger partial charge in [-0.05, 0) is 185 Å². The van der Waals surface area contributed by atoms with Gasteiger partial charge in [0.05, 0.1) is 19.8 Å². The van der Waals surface area contributed by atoms with Crippen LogP contribution < -0.4 is 15.2 Å². The minimum atomic E-state index is -0.685. The number of nitrogen functional groups attached to an aromatic ring is 1. The van der Waals surface area contributed by atoms with Crippen molar-refractivity contribution in [1.29, 1.82) is 0 Å². The number of nitrogens with zero attached hydrogens (tertiary/aromatic N) is 7. The van der Waals surface area contributed by atoms with E-state index >= 15 is 0 Å². The fourth-order valence-electron chi connectivity index (χ4n) is 10.6. The first kappa shape index (κ1) is 68.7. The van der Waals surface area contributed by atoms with Crippen LogP contribution in [0.1, 0.15) is 178 Å². The lowest BCUT2D eigenvalue weighted by Crippen LogP contribution is -2.41. The maximum atomic E-state index is 12.5. The molecule has 6 aromatic rings. The second kappa shape index (κ2) is 30.8. The van der Waals surface area contributed by atoms with Crippen LogP contribution in [-0.4, -0.2) is 121 Å². The SMILES string of the molecule is CC(C)(C)OC(=O)N1CCC(c2ncc(-c3cnc(N)c(OCc4cccc(C#CC(C)(C)OC5CCCCO5)c4)c3)s2)CC1.CC(C)(C)OC(=O)N1CCC(c2ncc(-c3cnc([N+](=O)[O-])c(OCc4cccc(C#CC(C)(C)OC5CCCCO5)c4)c3)s2)CC1. The summed E-state index contributed by atoms with van der Waals surface area (Å²) < 4.78 is 46.7. The van der Waals surface area contributed by atoms with Crippen molar-refractivity contribution in [1.82, 2.24) is 29.7 Å². The molecule has 92 heavy (non-hydrogen) atoms. The summed E-state index contributed by atoms with van der Waals surface area (Å²) in [5.74, 6) is 14.0. The molecule has 0 aliphatic carbocycles. The zero-order chi connectivity index (χ0) is 65.6. The van der Waals surface area contributed by atoms with E-state index in [-0.39, 0.29) is 48.9 Å². The van der Waals surface area contributed by atoms with Gasteiger partial charge in [0.25, 0.3) is 0 Å². The standard InChI is InChI=1S/C35H42N4O7S.C35H44N4O5S/c1-34(2,3)46-33(40)38-16-13-26(14-17-38)32-37-22-29(47-32)27-20-28(31(36-21-27)39(41)42)44-23-25-10-8-9-24(19-25)12-15-35(4,5)45-30-11-6-7-18-43-30;1-34(2,3)44-33(40)39-16-13-26(14-17-39)32-38-22-29(45-32)27-20-28(31(36)37-21-27)42-23-25-10-8-9-24(19-25)12-15-35(4,5)43-30-11-6-7-18-41-30/h8-10,19-22,26,30H,6-7,11,13-14,16-18,23H2,1-5H3;8-10,19-22,26,30H,6-7,11,13-14,16-18,23H2,1-5H3,(H2,36,37). The summed E-state index contributed by atoms with van der Waals surface area (Å²) in [7, 11) is 0. The van der Waals surface area contributed by atoms with E-state index < -0.39 is 27.3 Å². The molecule has 22 heteroatoms. The topological polar surface area (TPSA) is 235 Å². The van der Waals surface area contributed by atoms with Crippen LogP contribution in [0.15, 0.2) is 85.5 Å². The third-order valence-electron chi connectivity index (χ3n) is 15.3. The van der Waals surface area contributed by atoms with Gasteiger partial charge in [0.15, 0.2) is 24.1 Å². The van der Waals surface area contributed by atoms with E-state index in [0.717, 1.165) is 118 Å². The van der Waals surface area contributed by atoms with Gasteiger partial charge >= 0.3 is 18.0 Å². The van der Waals surface area contributed by atoms with Gasteiger partial charge < -0.3 is 63.5 Å². The molecule has 4 fully saturated rings. The number of hydrogen-bond acceptors (Lipinski definition) is 19. The number of benzene rings is 2. The molecule has 20 nitrogen and oxygen atoms in total. The number of carbonyl (C=O) groups excluding carboxylic acids is 2. The van der Waals surface area contributed by atoms with Crippen molar-refractivity contribution >= 4 is 46.5 Å². The molecule has 2 unspecified atom stereocenters. The smallest absolute Gasteiger partial charge is 0.410 e. The zero-order valence-corrected chi connectivity index (χ0v) is 56.2. The Labute approximate surface area is 548 Å². The Morgan fingerprint density at radius 1 is 0.598 bits per heavy atom. The predicted octanol–water partition coefficient (Wildman–Crippen LogP) is 14.6. The fourth-order valence-corrected chi connectivity index (χ4v) is 12.7. The molecule has 8 heterocycles. The first-order chi connectivity index (χ1) is 43.8. The molecule has 4 aromatic heterocycles. The average molecular weight is 1300 g/mol. The van der Waals surface area contributed by atoms with Crippen molar-refractivity contribution < 1.29 is 52.4 Å². The summed E-state index contributed by atoms with van der Waals surface area (Å²) in [5, 5.41) is 13.8. The molecule has 490 valence electrons. The molecule has 2 atom stereocenters. The molecular weight excluding hydrogens is 1210 g/mol. The number of likely N-dealkylation sites (tertiary alicyclic amines) is 2. The van der Waals surface area contributed by atoms with Crippen molar-refractivity contribution in [3.05, 3.63) is 128 Å². The van der Waals surface area contributed by atoms with Gasteiger partial charge in [-0.2, -0.15) is 0 Å². The lowest BCUT2D eigenvalue weighted by Gasteiger charge is -2.32. The summed E-state index contributed by atoms with van der Waals surface area (Å²) in [4.78, 5) is 59.4. The van der Waals surface area contributed by atoms with Gasteiger partial charge in [-0.3, -0.25) is 0 Å². The molecule has 4 saturated heterocycles. The minimum Gasteiger partial charge on any atom is -0.485 e. The Kier molecular flexibility index (Phi) is 23.0. The molecule has 2 N–H and O–H groups in total. The highest BCUT2D eigenvalue weighted by Gasteiger charge is 2.32. The normalized spacial score (nSPS) is 17.6. The molecule has 2 aromatic carbocycles. The van der Waals surface area contributed by atoms with E-state index in [4.69, 9.17) is 48.6 Å². The summed E-state index contributed by atoms with van der Waals surface area (Å²) in [6.45, 7) is 23.4. The molecule has 4 aliphatic rings. The van der Waals surface area contributed by atoms with Gasteiger partial charge in [-0.15, -0.1) is 22.7 Å².